The van der Waals surface area contributed by atoms with Crippen molar-refractivity contribution in [1.82, 2.24) is 4.98 Å². The highest BCUT2D eigenvalue weighted by atomic mass is 19.1. The fraction of sp³-hybridized carbons (Fsp3) is 0.300. The second kappa shape index (κ2) is 5.90. The molecule has 0 aliphatic carbocycles. The van der Waals surface area contributed by atoms with Crippen molar-refractivity contribution in [2.45, 2.75) is 18.9 Å². The summed E-state index contributed by atoms with van der Waals surface area (Å²) in [6.07, 6.45) is 2.06. The number of amides is 1. The van der Waals surface area contributed by atoms with E-state index >= 15 is 0 Å². The number of carboxylic acid groups (broad SMARTS) is 1. The molecule has 4 N–H and O–H groups in total. The van der Waals surface area contributed by atoms with E-state index in [1.54, 1.807) is 0 Å². The number of carbonyl (C=O) groups excluding carboxylic acids is 1. The molecule has 0 radical (unpaired) electrons. The highest BCUT2D eigenvalue weighted by molar-refractivity contribution is 5.94. The second-order valence-corrected chi connectivity index (χ2v) is 3.38. The summed E-state index contributed by atoms with van der Waals surface area (Å²) in [7, 11) is 0. The molecule has 0 aliphatic heterocycles. The van der Waals surface area contributed by atoms with Crippen molar-refractivity contribution >= 4 is 17.6 Å². The molecule has 17 heavy (non-hydrogen) atoms. The Morgan fingerprint density at radius 3 is 2.88 bits per heavy atom. The average molecular weight is 241 g/mol. The van der Waals surface area contributed by atoms with Crippen molar-refractivity contribution in [2.24, 2.45) is 5.73 Å². The van der Waals surface area contributed by atoms with Gasteiger partial charge in [-0.15, -0.1) is 0 Å². The summed E-state index contributed by atoms with van der Waals surface area (Å²) < 4.78 is 13.1. The lowest BCUT2D eigenvalue weighted by Crippen LogP contribution is -2.36. The minimum absolute atomic E-state index is 0.00608. The first-order chi connectivity index (χ1) is 8.00. The minimum atomic E-state index is -1.04. The predicted octanol–water partition coefficient (Wildman–Crippen LogP) is 0.351. The molecule has 0 saturated carbocycles. The summed E-state index contributed by atoms with van der Waals surface area (Å²) in [6, 6.07) is 0.301. The second-order valence-electron chi connectivity index (χ2n) is 3.38. The number of aromatic nitrogens is 1. The fourth-order valence-electron chi connectivity index (χ4n) is 1.11. The van der Waals surface area contributed by atoms with Gasteiger partial charge in [0.2, 0.25) is 5.91 Å². The molecule has 7 heteroatoms. The summed E-state index contributed by atoms with van der Waals surface area (Å²) >= 11 is 0. The van der Waals surface area contributed by atoms with E-state index in [0.717, 1.165) is 6.20 Å². The fourth-order valence-corrected chi connectivity index (χ4v) is 1.11. The van der Waals surface area contributed by atoms with Gasteiger partial charge in [-0.1, -0.05) is 0 Å². The summed E-state index contributed by atoms with van der Waals surface area (Å²) in [6.45, 7) is 0. The summed E-state index contributed by atoms with van der Waals surface area (Å²) in [5, 5.41) is 10.7. The molecule has 1 amide bonds. The highest BCUT2D eigenvalue weighted by Gasteiger charge is 2.16. The van der Waals surface area contributed by atoms with Crippen LogP contribution in [0, 0.1) is 5.82 Å². The molecule has 0 spiro atoms. The van der Waals surface area contributed by atoms with Crippen LogP contribution in [0.3, 0.4) is 0 Å². The van der Waals surface area contributed by atoms with Gasteiger partial charge in [0, 0.05) is 12.6 Å². The number of hydrogen-bond acceptors (Lipinski definition) is 4. The normalized spacial score (nSPS) is 11.9. The van der Waals surface area contributed by atoms with E-state index in [0.29, 0.717) is 0 Å². The van der Waals surface area contributed by atoms with E-state index in [1.807, 2.05) is 0 Å². The van der Waals surface area contributed by atoms with Crippen LogP contribution in [0.1, 0.15) is 12.8 Å². The first-order valence-corrected chi connectivity index (χ1v) is 4.88. The third-order valence-electron chi connectivity index (χ3n) is 2.04. The monoisotopic (exact) mass is 241 g/mol. The number of anilines is 1. The van der Waals surface area contributed by atoms with Crippen LogP contribution in [0.2, 0.25) is 0 Å². The predicted molar refractivity (Wildman–Crippen MR) is 57.7 cm³/mol. The molecule has 1 atom stereocenters. The zero-order valence-corrected chi connectivity index (χ0v) is 8.89. The third-order valence-corrected chi connectivity index (χ3v) is 2.04. The quantitative estimate of drug-likeness (QED) is 0.689. The lowest BCUT2D eigenvalue weighted by molar-refractivity contribution is -0.137. The Labute approximate surface area is 96.6 Å². The number of nitrogens with two attached hydrogens (primary N) is 1. The Bertz CT molecular complexity index is 425. The number of carbonyl (C=O) groups is 2. The number of nitrogens with one attached hydrogen (secondary N) is 1. The van der Waals surface area contributed by atoms with Crippen molar-refractivity contribution in [3.05, 3.63) is 24.3 Å². The first-order valence-electron chi connectivity index (χ1n) is 4.88. The van der Waals surface area contributed by atoms with E-state index in [-0.39, 0.29) is 18.5 Å². The van der Waals surface area contributed by atoms with Crippen LogP contribution in [0.5, 0.6) is 0 Å². The number of pyridine rings is 1. The molecular formula is C10H12FN3O3. The molecule has 0 fully saturated rings. The highest BCUT2D eigenvalue weighted by Crippen LogP contribution is 2.11. The van der Waals surface area contributed by atoms with E-state index in [4.69, 9.17) is 10.8 Å². The molecule has 1 unspecified atom stereocenters. The van der Waals surface area contributed by atoms with Crippen LogP contribution < -0.4 is 11.1 Å². The van der Waals surface area contributed by atoms with Gasteiger partial charge in [0.15, 0.2) is 5.82 Å². The summed E-state index contributed by atoms with van der Waals surface area (Å²) in [4.78, 5) is 25.3. The van der Waals surface area contributed by atoms with E-state index in [1.165, 1.54) is 12.3 Å². The van der Waals surface area contributed by atoms with Crippen LogP contribution in [0.4, 0.5) is 10.1 Å². The van der Waals surface area contributed by atoms with Crippen LogP contribution in [0.25, 0.3) is 0 Å². The number of carboxylic acids is 1. The topological polar surface area (TPSA) is 105 Å². The number of rotatable bonds is 5. The minimum Gasteiger partial charge on any atom is -0.481 e. The van der Waals surface area contributed by atoms with Crippen molar-refractivity contribution < 1.29 is 19.1 Å². The maximum absolute atomic E-state index is 13.1. The molecule has 92 valence electrons. The Hall–Kier alpha value is -2.02. The van der Waals surface area contributed by atoms with Gasteiger partial charge >= 0.3 is 5.97 Å². The number of nitrogens with zero attached hydrogens (tertiary/aromatic N) is 1. The number of hydrogen-bond donors (Lipinski definition) is 3. The Morgan fingerprint density at radius 2 is 2.29 bits per heavy atom. The van der Waals surface area contributed by atoms with E-state index in [9.17, 15) is 14.0 Å². The Morgan fingerprint density at radius 1 is 1.59 bits per heavy atom. The van der Waals surface area contributed by atoms with E-state index < -0.39 is 23.7 Å². The van der Waals surface area contributed by atoms with Crippen LogP contribution in [0.15, 0.2) is 18.5 Å². The Balaban J connectivity index is 2.54. The summed E-state index contributed by atoms with van der Waals surface area (Å²) in [5.74, 6) is -2.34. The molecule has 0 aromatic carbocycles. The number of aliphatic carboxylic acids is 1. The van der Waals surface area contributed by atoms with Crippen molar-refractivity contribution in [3.63, 3.8) is 0 Å². The Kier molecular flexibility index (Phi) is 4.53. The van der Waals surface area contributed by atoms with Crippen molar-refractivity contribution in [1.29, 1.82) is 0 Å². The summed E-state index contributed by atoms with van der Waals surface area (Å²) in [5.41, 5.74) is 5.42. The zero-order chi connectivity index (χ0) is 12.8. The van der Waals surface area contributed by atoms with Gasteiger partial charge in [-0.2, -0.15) is 0 Å². The molecule has 1 aromatic heterocycles. The van der Waals surface area contributed by atoms with Crippen LogP contribution in [-0.4, -0.2) is 28.0 Å². The first kappa shape index (κ1) is 13.0. The van der Waals surface area contributed by atoms with Gasteiger partial charge in [-0.05, 0) is 12.5 Å². The van der Waals surface area contributed by atoms with Gasteiger partial charge in [0.1, 0.15) is 0 Å². The molecule has 1 aromatic rings. The standard InChI is InChI=1S/C10H12FN3O3/c11-6-5-13-4-3-8(6)14-10(17)7(12)1-2-9(15)16/h3-5,7H,1-2,12H2,(H,15,16)(H,13,14,17). The molecule has 6 nitrogen and oxygen atoms in total. The SMILES string of the molecule is NC(CCC(=O)O)C(=O)Nc1ccncc1F. The lowest BCUT2D eigenvalue weighted by Gasteiger charge is -2.11. The molecule has 1 rings (SSSR count). The smallest absolute Gasteiger partial charge is 0.303 e. The maximum atomic E-state index is 13.1. The van der Waals surface area contributed by atoms with Gasteiger partial charge in [-0.25, -0.2) is 4.39 Å². The maximum Gasteiger partial charge on any atom is 0.303 e. The lowest BCUT2D eigenvalue weighted by atomic mass is 10.1. The van der Waals surface area contributed by atoms with E-state index in [2.05, 4.69) is 10.3 Å². The molecular weight excluding hydrogens is 229 g/mol. The van der Waals surface area contributed by atoms with Crippen LogP contribution in [-0.2, 0) is 9.59 Å². The van der Waals surface area contributed by atoms with Gasteiger partial charge < -0.3 is 16.2 Å². The van der Waals surface area contributed by atoms with Gasteiger partial charge in [-0.3, -0.25) is 14.6 Å². The number of halogens is 1. The molecule has 0 bridgehead atoms. The molecule has 0 aliphatic rings. The molecule has 0 saturated heterocycles. The van der Waals surface area contributed by atoms with Gasteiger partial charge in [0.25, 0.3) is 0 Å². The van der Waals surface area contributed by atoms with Crippen molar-refractivity contribution in [2.75, 3.05) is 5.32 Å². The van der Waals surface area contributed by atoms with Crippen molar-refractivity contribution in [3.8, 4) is 0 Å². The molecule has 1 heterocycles. The zero-order valence-electron chi connectivity index (χ0n) is 8.89. The largest absolute Gasteiger partial charge is 0.481 e. The van der Waals surface area contributed by atoms with Gasteiger partial charge in [0.05, 0.1) is 17.9 Å². The average Bonchev–Trinajstić information content (AvgIpc) is 2.28. The van der Waals surface area contributed by atoms with Crippen LogP contribution >= 0.6 is 0 Å². The third kappa shape index (κ3) is 4.15.